The second-order valence-corrected chi connectivity index (χ2v) is 9.85. The number of benzene rings is 2. The van der Waals surface area contributed by atoms with Crippen LogP contribution in [-0.4, -0.2) is 66.4 Å². The summed E-state index contributed by atoms with van der Waals surface area (Å²) < 4.78 is 10.9. The third-order valence-electron chi connectivity index (χ3n) is 6.99. The Morgan fingerprint density at radius 2 is 1.63 bits per heavy atom. The first-order chi connectivity index (χ1) is 16.7. The standard InChI is InChI=1S/C27H32N2O6/c1-27(2,13-12-24(30)29-14-21(25(31)32)23(15-29)34-3)28-26(33)35-16-22-19-10-6-4-8-17(19)18-9-5-7-11-20(18)22/h4-11,21-23H,12-16H2,1-3H3,(H,28,33)(H,31,32). The zero-order chi connectivity index (χ0) is 25.2. The summed E-state index contributed by atoms with van der Waals surface area (Å²) in [6, 6.07) is 16.3. The molecule has 35 heavy (non-hydrogen) atoms. The highest BCUT2D eigenvalue weighted by atomic mass is 16.5. The highest BCUT2D eigenvalue weighted by Gasteiger charge is 2.40. The quantitative estimate of drug-likeness (QED) is 0.598. The molecule has 0 spiro atoms. The van der Waals surface area contributed by atoms with E-state index >= 15 is 0 Å². The number of nitrogens with zero attached hydrogens (tertiary/aromatic N) is 1. The molecule has 1 aliphatic heterocycles. The van der Waals surface area contributed by atoms with Gasteiger partial charge in [0.1, 0.15) is 12.5 Å². The number of carboxylic acids is 1. The summed E-state index contributed by atoms with van der Waals surface area (Å²) in [7, 11) is 1.45. The van der Waals surface area contributed by atoms with E-state index in [1.165, 1.54) is 23.1 Å². The van der Waals surface area contributed by atoms with Gasteiger partial charge in [0, 0.05) is 38.1 Å². The number of hydrogen-bond acceptors (Lipinski definition) is 5. The topological polar surface area (TPSA) is 105 Å². The van der Waals surface area contributed by atoms with Crippen LogP contribution in [0.1, 0.15) is 43.7 Å². The normalized spacial score (nSPS) is 19.2. The molecule has 0 saturated carbocycles. The summed E-state index contributed by atoms with van der Waals surface area (Å²) >= 11 is 0. The molecule has 4 rings (SSSR count). The first kappa shape index (κ1) is 24.7. The Labute approximate surface area is 205 Å². The second kappa shape index (κ2) is 10.1. The van der Waals surface area contributed by atoms with Crippen LogP contribution in [0, 0.1) is 5.92 Å². The second-order valence-electron chi connectivity index (χ2n) is 9.85. The van der Waals surface area contributed by atoms with Crippen LogP contribution in [0.25, 0.3) is 11.1 Å². The number of nitrogens with one attached hydrogen (secondary N) is 1. The van der Waals surface area contributed by atoms with E-state index in [1.807, 2.05) is 38.1 Å². The molecule has 0 radical (unpaired) electrons. The van der Waals surface area contributed by atoms with E-state index < -0.39 is 29.6 Å². The lowest BCUT2D eigenvalue weighted by Gasteiger charge is -2.27. The molecule has 2 N–H and O–H groups in total. The van der Waals surface area contributed by atoms with Gasteiger partial charge in [0.25, 0.3) is 0 Å². The van der Waals surface area contributed by atoms with Crippen molar-refractivity contribution in [1.29, 1.82) is 0 Å². The van der Waals surface area contributed by atoms with E-state index in [1.54, 1.807) is 0 Å². The number of fused-ring (bicyclic) bond motifs is 3. The minimum atomic E-state index is -0.968. The number of rotatable bonds is 8. The molecule has 0 bridgehead atoms. The number of alkyl carbamates (subject to hydrolysis) is 1. The molecule has 2 aromatic rings. The fourth-order valence-electron chi connectivity index (χ4n) is 5.00. The predicted octanol–water partition coefficient (Wildman–Crippen LogP) is 3.64. The monoisotopic (exact) mass is 480 g/mol. The smallest absolute Gasteiger partial charge is 0.407 e. The third kappa shape index (κ3) is 5.32. The molecule has 2 unspecified atom stereocenters. The molecule has 1 aliphatic carbocycles. The largest absolute Gasteiger partial charge is 0.481 e. The van der Waals surface area contributed by atoms with Gasteiger partial charge in [-0.1, -0.05) is 48.5 Å². The third-order valence-corrected chi connectivity index (χ3v) is 6.99. The lowest BCUT2D eigenvalue weighted by atomic mass is 9.98. The average molecular weight is 481 g/mol. The molecule has 8 heteroatoms. The molecule has 1 saturated heterocycles. The van der Waals surface area contributed by atoms with Gasteiger partial charge in [-0.05, 0) is 42.5 Å². The number of likely N-dealkylation sites (tertiary alicyclic amines) is 1. The lowest BCUT2D eigenvalue weighted by Crippen LogP contribution is -2.45. The van der Waals surface area contributed by atoms with E-state index in [4.69, 9.17) is 9.47 Å². The zero-order valence-corrected chi connectivity index (χ0v) is 20.3. The van der Waals surface area contributed by atoms with Crippen LogP contribution >= 0.6 is 0 Å². The van der Waals surface area contributed by atoms with Crippen molar-refractivity contribution in [2.24, 2.45) is 5.92 Å². The Hall–Kier alpha value is -3.39. The SMILES string of the molecule is COC1CN(C(=O)CCC(C)(C)NC(=O)OCC2c3ccccc3-c3ccccc32)CC1C(=O)O. The highest BCUT2D eigenvalue weighted by Crippen LogP contribution is 2.44. The van der Waals surface area contributed by atoms with Crippen molar-refractivity contribution in [2.75, 3.05) is 26.8 Å². The summed E-state index contributed by atoms with van der Waals surface area (Å²) in [5.41, 5.74) is 3.94. The van der Waals surface area contributed by atoms with Crippen molar-refractivity contribution in [2.45, 2.75) is 44.2 Å². The van der Waals surface area contributed by atoms with E-state index in [9.17, 15) is 19.5 Å². The number of aliphatic carboxylic acids is 1. The van der Waals surface area contributed by atoms with Crippen molar-refractivity contribution in [3.63, 3.8) is 0 Å². The Morgan fingerprint density at radius 1 is 1.03 bits per heavy atom. The van der Waals surface area contributed by atoms with Gasteiger partial charge in [0.2, 0.25) is 5.91 Å². The number of hydrogen-bond donors (Lipinski definition) is 2. The van der Waals surface area contributed by atoms with E-state index in [2.05, 4.69) is 29.6 Å². The summed E-state index contributed by atoms with van der Waals surface area (Å²) in [5.74, 6) is -1.87. The first-order valence-electron chi connectivity index (χ1n) is 11.9. The van der Waals surface area contributed by atoms with Crippen molar-refractivity contribution < 1.29 is 29.0 Å². The zero-order valence-electron chi connectivity index (χ0n) is 20.3. The fraction of sp³-hybridized carbons (Fsp3) is 0.444. The van der Waals surface area contributed by atoms with Gasteiger partial charge in [-0.2, -0.15) is 0 Å². The Bertz CT molecular complexity index is 1070. The number of methoxy groups -OCH3 is 1. The molecular weight excluding hydrogens is 448 g/mol. The van der Waals surface area contributed by atoms with E-state index in [0.29, 0.717) is 6.42 Å². The van der Waals surface area contributed by atoms with Gasteiger partial charge in [0.15, 0.2) is 0 Å². The van der Waals surface area contributed by atoms with E-state index in [0.717, 1.165) is 11.1 Å². The maximum atomic E-state index is 12.7. The van der Waals surface area contributed by atoms with Crippen LogP contribution in [0.4, 0.5) is 4.79 Å². The molecular formula is C27H32N2O6. The minimum Gasteiger partial charge on any atom is -0.481 e. The van der Waals surface area contributed by atoms with Gasteiger partial charge in [-0.15, -0.1) is 0 Å². The van der Waals surface area contributed by atoms with Gasteiger partial charge in [-0.25, -0.2) is 4.79 Å². The molecule has 2 atom stereocenters. The number of amides is 2. The maximum Gasteiger partial charge on any atom is 0.407 e. The Balaban J connectivity index is 1.29. The van der Waals surface area contributed by atoms with Crippen LogP contribution in [0.15, 0.2) is 48.5 Å². The molecule has 0 aromatic heterocycles. The van der Waals surface area contributed by atoms with Crippen molar-refractivity contribution in [1.82, 2.24) is 10.2 Å². The summed E-state index contributed by atoms with van der Waals surface area (Å²) in [6.07, 6.45) is -0.472. The van der Waals surface area contributed by atoms with Crippen LogP contribution in [-0.2, 0) is 19.1 Å². The summed E-state index contributed by atoms with van der Waals surface area (Å²) in [6.45, 7) is 4.28. The Kier molecular flexibility index (Phi) is 7.12. The van der Waals surface area contributed by atoms with Gasteiger partial charge in [-0.3, -0.25) is 9.59 Å². The number of ether oxygens (including phenoxy) is 2. The predicted molar refractivity (Wildman–Crippen MR) is 130 cm³/mol. The summed E-state index contributed by atoms with van der Waals surface area (Å²) in [4.78, 5) is 38.2. The average Bonchev–Trinajstić information content (AvgIpc) is 3.41. The Morgan fingerprint density at radius 3 is 2.17 bits per heavy atom. The molecule has 8 nitrogen and oxygen atoms in total. The van der Waals surface area contributed by atoms with Crippen LogP contribution in [0.5, 0.6) is 0 Å². The number of carbonyl (C=O) groups is 3. The fourth-order valence-corrected chi connectivity index (χ4v) is 5.00. The molecule has 1 heterocycles. The van der Waals surface area contributed by atoms with Crippen LogP contribution in [0.2, 0.25) is 0 Å². The molecule has 2 aromatic carbocycles. The van der Waals surface area contributed by atoms with Crippen molar-refractivity contribution in [3.05, 3.63) is 59.7 Å². The maximum absolute atomic E-state index is 12.7. The van der Waals surface area contributed by atoms with Gasteiger partial charge >= 0.3 is 12.1 Å². The van der Waals surface area contributed by atoms with Crippen LogP contribution < -0.4 is 5.32 Å². The van der Waals surface area contributed by atoms with E-state index in [-0.39, 0.29) is 37.9 Å². The molecule has 2 amide bonds. The number of carbonyl (C=O) groups excluding carboxylic acids is 2. The molecule has 1 fully saturated rings. The van der Waals surface area contributed by atoms with Gasteiger partial charge < -0.3 is 24.8 Å². The van der Waals surface area contributed by atoms with Crippen molar-refractivity contribution >= 4 is 18.0 Å². The van der Waals surface area contributed by atoms with Crippen molar-refractivity contribution in [3.8, 4) is 11.1 Å². The molecule has 186 valence electrons. The highest BCUT2D eigenvalue weighted by molar-refractivity contribution is 5.80. The molecule has 2 aliphatic rings. The van der Waals surface area contributed by atoms with Crippen LogP contribution in [0.3, 0.4) is 0 Å². The first-order valence-corrected chi connectivity index (χ1v) is 11.9. The minimum absolute atomic E-state index is 0.0241. The number of carboxylic acid groups (broad SMARTS) is 1. The lowest BCUT2D eigenvalue weighted by molar-refractivity contribution is -0.144. The van der Waals surface area contributed by atoms with Gasteiger partial charge in [0.05, 0.1) is 6.10 Å². The summed E-state index contributed by atoms with van der Waals surface area (Å²) in [5, 5.41) is 12.2.